The summed E-state index contributed by atoms with van der Waals surface area (Å²) in [6, 6.07) is 7.08. The van der Waals surface area contributed by atoms with Crippen molar-refractivity contribution in [3.63, 3.8) is 0 Å². The molecule has 0 amide bonds. The van der Waals surface area contributed by atoms with Crippen LogP contribution in [0.15, 0.2) is 24.3 Å². The average Bonchev–Trinajstić information content (AvgIpc) is 2.29. The van der Waals surface area contributed by atoms with E-state index in [9.17, 15) is 4.39 Å². The monoisotopic (exact) mass is 280 g/mol. The molecule has 0 heterocycles. The molecule has 0 aliphatic heterocycles. The van der Waals surface area contributed by atoms with Crippen LogP contribution < -0.4 is 5.32 Å². The lowest BCUT2D eigenvalue weighted by molar-refractivity contribution is 0.188. The van der Waals surface area contributed by atoms with Crippen molar-refractivity contribution in [3.8, 4) is 0 Å². The van der Waals surface area contributed by atoms with E-state index < -0.39 is 0 Å². The van der Waals surface area contributed by atoms with Crippen molar-refractivity contribution in [2.24, 2.45) is 11.3 Å². The first-order valence-electron chi connectivity index (χ1n) is 7.35. The molecule has 114 valence electrons. The van der Waals surface area contributed by atoms with Gasteiger partial charge in [0, 0.05) is 24.7 Å². The molecule has 0 fully saturated rings. The number of hydrogen-bond donors (Lipinski definition) is 1. The van der Waals surface area contributed by atoms with E-state index in [4.69, 9.17) is 0 Å². The van der Waals surface area contributed by atoms with Crippen molar-refractivity contribution in [2.45, 2.75) is 33.7 Å². The minimum absolute atomic E-state index is 0.0404. The number of halogens is 1. The minimum Gasteiger partial charge on any atom is -0.313 e. The molecule has 0 bridgehead atoms. The van der Waals surface area contributed by atoms with Gasteiger partial charge in [-0.1, -0.05) is 45.9 Å². The van der Waals surface area contributed by atoms with E-state index >= 15 is 0 Å². The van der Waals surface area contributed by atoms with E-state index in [1.807, 2.05) is 19.2 Å². The number of nitrogens with one attached hydrogen (secondary N) is 1. The largest absolute Gasteiger partial charge is 0.313 e. The van der Waals surface area contributed by atoms with Crippen LogP contribution in [-0.4, -0.2) is 32.1 Å². The smallest absolute Gasteiger partial charge is 0.127 e. The Hall–Kier alpha value is -0.930. The Kier molecular flexibility index (Phi) is 6.15. The van der Waals surface area contributed by atoms with Gasteiger partial charge in [0.2, 0.25) is 0 Å². The first-order valence-corrected chi connectivity index (χ1v) is 7.35. The lowest BCUT2D eigenvalue weighted by Gasteiger charge is -2.32. The van der Waals surface area contributed by atoms with Crippen LogP contribution in [0, 0.1) is 17.2 Å². The summed E-state index contributed by atoms with van der Waals surface area (Å²) in [5.74, 6) is 0.210. The van der Waals surface area contributed by atoms with Crippen molar-refractivity contribution in [1.82, 2.24) is 10.2 Å². The Labute approximate surface area is 123 Å². The molecular formula is C17H29FN2. The molecule has 0 saturated carbocycles. The summed E-state index contributed by atoms with van der Waals surface area (Å²) < 4.78 is 13.9. The quantitative estimate of drug-likeness (QED) is 0.854. The molecule has 0 aliphatic rings. The van der Waals surface area contributed by atoms with Crippen LogP contribution in [0.3, 0.4) is 0 Å². The molecule has 2 nitrogen and oxygen atoms in total. The fourth-order valence-electron chi connectivity index (χ4n) is 2.95. The lowest BCUT2D eigenvalue weighted by Crippen LogP contribution is -2.37. The Morgan fingerprint density at radius 2 is 1.85 bits per heavy atom. The zero-order chi connectivity index (χ0) is 15.3. The molecule has 1 rings (SSSR count). The summed E-state index contributed by atoms with van der Waals surface area (Å²) in [4.78, 5) is 2.33. The summed E-state index contributed by atoms with van der Waals surface area (Å²) in [5, 5.41) is 3.26. The summed E-state index contributed by atoms with van der Waals surface area (Å²) in [5.41, 5.74) is 1.04. The van der Waals surface area contributed by atoms with Crippen LogP contribution >= 0.6 is 0 Å². The predicted octanol–water partition coefficient (Wildman–Crippen LogP) is 3.70. The van der Waals surface area contributed by atoms with Gasteiger partial charge in [0.05, 0.1) is 0 Å². The van der Waals surface area contributed by atoms with Crippen molar-refractivity contribution in [2.75, 3.05) is 27.2 Å². The molecule has 2 unspecified atom stereocenters. The highest BCUT2D eigenvalue weighted by atomic mass is 19.1. The Bertz CT molecular complexity index is 412. The van der Waals surface area contributed by atoms with Crippen molar-refractivity contribution in [1.29, 1.82) is 0 Å². The molecule has 3 heteroatoms. The standard InChI is InChI=1S/C17H29FN2/c1-13(11-20(6)12-17(2,3)4)16(19-5)14-9-7-8-10-15(14)18/h7-10,13,16,19H,11-12H2,1-6H3. The molecule has 0 aromatic heterocycles. The highest BCUT2D eigenvalue weighted by Crippen LogP contribution is 2.25. The van der Waals surface area contributed by atoms with E-state index in [-0.39, 0.29) is 17.3 Å². The third-order valence-corrected chi connectivity index (χ3v) is 3.46. The number of benzene rings is 1. The number of hydrogen-bond acceptors (Lipinski definition) is 2. The third-order valence-electron chi connectivity index (χ3n) is 3.46. The van der Waals surface area contributed by atoms with Crippen LogP contribution in [0.1, 0.15) is 39.3 Å². The van der Waals surface area contributed by atoms with Crippen LogP contribution in [0.5, 0.6) is 0 Å². The van der Waals surface area contributed by atoms with E-state index in [2.05, 4.69) is 45.0 Å². The maximum absolute atomic E-state index is 13.9. The topological polar surface area (TPSA) is 15.3 Å². The van der Waals surface area contributed by atoms with Gasteiger partial charge in [0.1, 0.15) is 5.82 Å². The molecular weight excluding hydrogens is 251 g/mol. The zero-order valence-corrected chi connectivity index (χ0v) is 13.7. The Balaban J connectivity index is 2.73. The van der Waals surface area contributed by atoms with Crippen LogP contribution in [-0.2, 0) is 0 Å². The maximum Gasteiger partial charge on any atom is 0.127 e. The normalized spacial score (nSPS) is 15.4. The highest BCUT2D eigenvalue weighted by molar-refractivity contribution is 5.21. The zero-order valence-electron chi connectivity index (χ0n) is 13.7. The summed E-state index contributed by atoms with van der Waals surface area (Å²) in [6.45, 7) is 10.9. The average molecular weight is 280 g/mol. The second kappa shape index (κ2) is 7.19. The van der Waals surface area contributed by atoms with E-state index in [1.54, 1.807) is 6.07 Å². The van der Waals surface area contributed by atoms with Crippen LogP contribution in [0.4, 0.5) is 4.39 Å². The van der Waals surface area contributed by atoms with Gasteiger partial charge < -0.3 is 10.2 Å². The van der Waals surface area contributed by atoms with E-state index in [0.717, 1.165) is 18.7 Å². The molecule has 0 radical (unpaired) electrons. The molecule has 1 aromatic carbocycles. The summed E-state index contributed by atoms with van der Waals surface area (Å²) in [7, 11) is 4.03. The van der Waals surface area contributed by atoms with Gasteiger partial charge in [0.25, 0.3) is 0 Å². The second-order valence-electron chi connectivity index (χ2n) is 7.02. The van der Waals surface area contributed by atoms with Gasteiger partial charge in [-0.15, -0.1) is 0 Å². The van der Waals surface area contributed by atoms with Crippen LogP contribution in [0.2, 0.25) is 0 Å². The first-order chi connectivity index (χ1) is 9.24. The second-order valence-corrected chi connectivity index (χ2v) is 7.02. The molecule has 0 aliphatic carbocycles. The fraction of sp³-hybridized carbons (Fsp3) is 0.647. The van der Waals surface area contributed by atoms with Gasteiger partial charge in [-0.3, -0.25) is 0 Å². The molecule has 2 atom stereocenters. The SMILES string of the molecule is CNC(c1ccccc1F)C(C)CN(C)CC(C)(C)C. The maximum atomic E-state index is 13.9. The van der Waals surface area contributed by atoms with Crippen LogP contribution in [0.25, 0.3) is 0 Å². The van der Waals surface area contributed by atoms with E-state index in [1.165, 1.54) is 6.07 Å². The number of nitrogens with zero attached hydrogens (tertiary/aromatic N) is 1. The molecule has 1 N–H and O–H groups in total. The minimum atomic E-state index is -0.128. The Morgan fingerprint density at radius 3 is 2.35 bits per heavy atom. The predicted molar refractivity (Wildman–Crippen MR) is 84.3 cm³/mol. The molecule has 0 spiro atoms. The summed E-state index contributed by atoms with van der Waals surface area (Å²) >= 11 is 0. The van der Waals surface area contributed by atoms with Gasteiger partial charge in [-0.2, -0.15) is 0 Å². The van der Waals surface area contributed by atoms with Gasteiger partial charge in [0.15, 0.2) is 0 Å². The van der Waals surface area contributed by atoms with Crippen molar-refractivity contribution in [3.05, 3.63) is 35.6 Å². The molecule has 0 saturated heterocycles. The lowest BCUT2D eigenvalue weighted by atomic mass is 9.92. The van der Waals surface area contributed by atoms with Gasteiger partial charge in [-0.25, -0.2) is 4.39 Å². The molecule has 1 aromatic rings. The number of rotatable bonds is 6. The summed E-state index contributed by atoms with van der Waals surface area (Å²) in [6.07, 6.45) is 0. The molecule has 20 heavy (non-hydrogen) atoms. The fourth-order valence-corrected chi connectivity index (χ4v) is 2.95. The highest BCUT2D eigenvalue weighted by Gasteiger charge is 2.23. The van der Waals surface area contributed by atoms with Gasteiger partial charge in [-0.05, 0) is 31.5 Å². The van der Waals surface area contributed by atoms with Crippen molar-refractivity contribution >= 4 is 0 Å². The van der Waals surface area contributed by atoms with Gasteiger partial charge >= 0.3 is 0 Å². The van der Waals surface area contributed by atoms with E-state index in [0.29, 0.717) is 5.92 Å². The van der Waals surface area contributed by atoms with Crippen molar-refractivity contribution < 1.29 is 4.39 Å². The Morgan fingerprint density at radius 1 is 1.25 bits per heavy atom. The third kappa shape index (κ3) is 5.22. The first kappa shape index (κ1) is 17.1.